The van der Waals surface area contributed by atoms with Gasteiger partial charge in [0.05, 0.1) is 92.0 Å². The lowest BCUT2D eigenvalue weighted by molar-refractivity contribution is 0.266. The molecule has 0 bridgehead atoms. The van der Waals surface area contributed by atoms with E-state index < -0.39 is 10.8 Å². The standard InChI is InChI=1S/C42H42Cl8O6/c1-41(2,25-17-33(47)39(34(48)18-25)53-11-7-27-21-55-27)23-13-29(43)37(30(44)14-23)51-9-5-6-10-52-38-31(45)15-24(16-32(38)46)42(3,4)26-19-35(49)40(36(50)20-26)54-12-8-28-22-56-28/h13-20,27-28H,5-12,21-22H2,1-4H3. The summed E-state index contributed by atoms with van der Waals surface area (Å²) in [6.07, 6.45) is 3.41. The van der Waals surface area contributed by atoms with Crippen LogP contribution < -0.4 is 18.9 Å². The fourth-order valence-corrected chi connectivity index (χ4v) is 8.56. The van der Waals surface area contributed by atoms with E-state index in [0.29, 0.717) is 102 Å². The molecule has 2 fully saturated rings. The molecule has 2 saturated heterocycles. The van der Waals surface area contributed by atoms with E-state index in [9.17, 15) is 0 Å². The highest BCUT2D eigenvalue weighted by molar-refractivity contribution is 6.39. The van der Waals surface area contributed by atoms with Crippen molar-refractivity contribution in [3.8, 4) is 23.0 Å². The molecular weight excluding hydrogens is 884 g/mol. The van der Waals surface area contributed by atoms with Gasteiger partial charge in [-0.3, -0.25) is 0 Å². The van der Waals surface area contributed by atoms with Crippen molar-refractivity contribution in [2.75, 3.05) is 39.6 Å². The predicted molar refractivity (Wildman–Crippen MR) is 230 cm³/mol. The zero-order valence-electron chi connectivity index (χ0n) is 31.3. The van der Waals surface area contributed by atoms with Crippen molar-refractivity contribution in [1.82, 2.24) is 0 Å². The first-order valence-electron chi connectivity index (χ1n) is 18.3. The van der Waals surface area contributed by atoms with Crippen LogP contribution in [0.5, 0.6) is 23.0 Å². The summed E-state index contributed by atoms with van der Waals surface area (Å²) in [6, 6.07) is 14.8. The molecule has 0 radical (unpaired) electrons. The minimum Gasteiger partial charge on any atom is -0.490 e. The second-order valence-corrected chi connectivity index (χ2v) is 18.2. The van der Waals surface area contributed by atoms with Gasteiger partial charge < -0.3 is 28.4 Å². The van der Waals surface area contributed by atoms with Crippen molar-refractivity contribution in [2.24, 2.45) is 0 Å². The number of halogens is 8. The van der Waals surface area contributed by atoms with Gasteiger partial charge >= 0.3 is 0 Å². The molecule has 4 aromatic rings. The molecule has 0 N–H and O–H groups in total. The van der Waals surface area contributed by atoms with Gasteiger partial charge in [0.1, 0.15) is 0 Å². The van der Waals surface area contributed by atoms with Gasteiger partial charge in [0.2, 0.25) is 0 Å². The molecule has 302 valence electrons. The molecule has 6 nitrogen and oxygen atoms in total. The smallest absolute Gasteiger partial charge is 0.156 e. The van der Waals surface area contributed by atoms with Crippen LogP contribution in [0, 0.1) is 0 Å². The Morgan fingerprint density at radius 1 is 0.429 bits per heavy atom. The maximum atomic E-state index is 6.73. The lowest BCUT2D eigenvalue weighted by Gasteiger charge is -2.28. The number of hydrogen-bond donors (Lipinski definition) is 0. The highest BCUT2D eigenvalue weighted by Gasteiger charge is 2.30. The highest BCUT2D eigenvalue weighted by Crippen LogP contribution is 2.46. The number of epoxide rings is 2. The Hall–Kier alpha value is -1.68. The van der Waals surface area contributed by atoms with Crippen LogP contribution in [0.3, 0.4) is 0 Å². The van der Waals surface area contributed by atoms with E-state index in [0.717, 1.165) is 48.3 Å². The molecule has 0 saturated carbocycles. The van der Waals surface area contributed by atoms with Gasteiger partial charge in [-0.15, -0.1) is 0 Å². The molecule has 2 unspecified atom stereocenters. The summed E-state index contributed by atoms with van der Waals surface area (Å²) in [6.45, 7) is 11.4. The fourth-order valence-electron chi connectivity index (χ4n) is 6.17. The Morgan fingerprint density at radius 3 is 0.857 bits per heavy atom. The summed E-state index contributed by atoms with van der Waals surface area (Å²) in [5, 5.41) is 3.30. The molecule has 6 rings (SSSR count). The Balaban J connectivity index is 1.01. The lowest BCUT2D eigenvalue weighted by Crippen LogP contribution is -2.19. The van der Waals surface area contributed by atoms with Crippen LogP contribution in [0.1, 0.15) is 75.6 Å². The largest absolute Gasteiger partial charge is 0.490 e. The number of unbranched alkanes of at least 4 members (excludes halogenated alkanes) is 1. The van der Waals surface area contributed by atoms with E-state index in [4.69, 9.17) is 121 Å². The lowest BCUT2D eigenvalue weighted by atomic mass is 9.78. The molecule has 14 heteroatoms. The summed E-state index contributed by atoms with van der Waals surface area (Å²) in [5.74, 6) is 1.73. The van der Waals surface area contributed by atoms with Gasteiger partial charge in [0.15, 0.2) is 23.0 Å². The van der Waals surface area contributed by atoms with E-state index in [-0.39, 0.29) is 12.2 Å². The summed E-state index contributed by atoms with van der Waals surface area (Å²) in [5.41, 5.74) is 2.42. The Kier molecular flexibility index (Phi) is 14.7. The van der Waals surface area contributed by atoms with Crippen molar-refractivity contribution >= 4 is 92.8 Å². The Labute approximate surface area is 368 Å². The van der Waals surface area contributed by atoms with E-state index in [1.54, 1.807) is 0 Å². The molecule has 0 aromatic heterocycles. The van der Waals surface area contributed by atoms with Crippen molar-refractivity contribution in [2.45, 2.75) is 76.4 Å². The summed E-state index contributed by atoms with van der Waals surface area (Å²) in [7, 11) is 0. The van der Waals surface area contributed by atoms with Gasteiger partial charge in [-0.05, 0) is 83.6 Å². The van der Waals surface area contributed by atoms with Crippen LogP contribution in [0.25, 0.3) is 0 Å². The minimum absolute atomic E-state index is 0.256. The Bertz CT molecular complexity index is 1810. The summed E-state index contributed by atoms with van der Waals surface area (Å²) < 4.78 is 34.3. The monoisotopic (exact) mass is 922 g/mol. The van der Waals surface area contributed by atoms with Crippen molar-refractivity contribution in [3.63, 3.8) is 0 Å². The SMILES string of the molecule is CC(C)(c1cc(Cl)c(OCCCCOc2c(Cl)cc(C(C)(C)c3cc(Cl)c(OCCC4CO4)c(Cl)c3)cc2Cl)c(Cl)c1)c1cc(Cl)c(OCCC2CO2)c(Cl)c1. The average molecular weight is 926 g/mol. The quantitative estimate of drug-likeness (QED) is 0.0690. The maximum absolute atomic E-state index is 6.73. The van der Waals surface area contributed by atoms with Gasteiger partial charge in [-0.25, -0.2) is 0 Å². The van der Waals surface area contributed by atoms with Crippen molar-refractivity contribution < 1.29 is 28.4 Å². The molecule has 0 aliphatic carbocycles. The molecular formula is C42H42Cl8O6. The first-order chi connectivity index (χ1) is 26.6. The molecule has 0 spiro atoms. The van der Waals surface area contributed by atoms with Gasteiger partial charge in [0, 0.05) is 23.7 Å². The first-order valence-corrected chi connectivity index (χ1v) is 21.3. The third kappa shape index (κ3) is 10.7. The maximum Gasteiger partial charge on any atom is 0.156 e. The Morgan fingerprint density at radius 2 is 0.643 bits per heavy atom. The zero-order chi connectivity index (χ0) is 40.4. The third-order valence-electron chi connectivity index (χ3n) is 10.1. The molecule has 2 atom stereocenters. The van der Waals surface area contributed by atoms with E-state index in [2.05, 4.69) is 0 Å². The third-order valence-corrected chi connectivity index (χ3v) is 12.3. The van der Waals surface area contributed by atoms with Crippen LogP contribution in [0.15, 0.2) is 48.5 Å². The second-order valence-electron chi connectivity index (χ2n) is 14.9. The summed E-state index contributed by atoms with van der Waals surface area (Å²) in [4.78, 5) is 0. The van der Waals surface area contributed by atoms with Gasteiger partial charge in [-0.2, -0.15) is 0 Å². The summed E-state index contributed by atoms with van der Waals surface area (Å²) >= 11 is 53.4. The molecule has 4 aromatic carbocycles. The van der Waals surface area contributed by atoms with Crippen LogP contribution >= 0.6 is 92.8 Å². The normalized spacial score (nSPS) is 16.5. The topological polar surface area (TPSA) is 62.0 Å². The van der Waals surface area contributed by atoms with Crippen LogP contribution in [0.2, 0.25) is 40.2 Å². The van der Waals surface area contributed by atoms with Crippen molar-refractivity contribution in [1.29, 1.82) is 0 Å². The second kappa shape index (κ2) is 18.7. The number of hydrogen-bond acceptors (Lipinski definition) is 6. The van der Waals surface area contributed by atoms with Crippen molar-refractivity contribution in [3.05, 3.63) is 111 Å². The van der Waals surface area contributed by atoms with Crippen LogP contribution in [-0.4, -0.2) is 51.8 Å². The van der Waals surface area contributed by atoms with Gasteiger partial charge in [0.25, 0.3) is 0 Å². The van der Waals surface area contributed by atoms with E-state index >= 15 is 0 Å². The fraction of sp³-hybridized carbons (Fsp3) is 0.429. The molecule has 2 aliphatic heterocycles. The zero-order valence-corrected chi connectivity index (χ0v) is 37.4. The highest BCUT2D eigenvalue weighted by atomic mass is 35.5. The molecule has 0 amide bonds. The minimum atomic E-state index is -0.541. The van der Waals surface area contributed by atoms with Gasteiger partial charge in [-0.1, -0.05) is 121 Å². The molecule has 2 heterocycles. The number of rotatable bonds is 19. The molecule has 2 aliphatic rings. The number of benzene rings is 4. The first kappa shape index (κ1) is 43.9. The van der Waals surface area contributed by atoms with Crippen LogP contribution in [0.4, 0.5) is 0 Å². The van der Waals surface area contributed by atoms with E-state index in [1.807, 2.05) is 76.2 Å². The van der Waals surface area contributed by atoms with Crippen LogP contribution in [-0.2, 0) is 20.3 Å². The average Bonchev–Trinajstić information content (AvgIpc) is 4.07. The van der Waals surface area contributed by atoms with E-state index in [1.165, 1.54) is 0 Å². The molecule has 56 heavy (non-hydrogen) atoms. The number of ether oxygens (including phenoxy) is 6. The predicted octanol–water partition coefficient (Wildman–Crippen LogP) is 14.1.